The molecule has 16 heavy (non-hydrogen) atoms. The van der Waals surface area contributed by atoms with Crippen molar-refractivity contribution in [2.75, 3.05) is 20.6 Å². The van der Waals surface area contributed by atoms with Crippen molar-refractivity contribution in [1.29, 1.82) is 0 Å². The Labute approximate surface area is 102 Å². The molecule has 1 N–H and O–H groups in total. The average Bonchev–Trinajstić information content (AvgIpc) is 3.04. The summed E-state index contributed by atoms with van der Waals surface area (Å²) in [6, 6.07) is 1.59. The van der Waals surface area contributed by atoms with Gasteiger partial charge in [-0.1, -0.05) is 26.7 Å². The Morgan fingerprint density at radius 2 is 2.06 bits per heavy atom. The highest BCUT2D eigenvalue weighted by Crippen LogP contribution is 2.40. The van der Waals surface area contributed by atoms with Crippen molar-refractivity contribution in [2.24, 2.45) is 11.8 Å². The zero-order chi connectivity index (χ0) is 12.1. The number of hydrogen-bond donors (Lipinski definition) is 1. The molecule has 0 aromatic heterocycles. The number of hydrogen-bond acceptors (Lipinski definition) is 2. The van der Waals surface area contributed by atoms with Crippen molar-refractivity contribution in [1.82, 2.24) is 10.2 Å². The molecule has 0 amide bonds. The first-order valence-electron chi connectivity index (χ1n) is 7.02. The molecule has 0 spiro atoms. The standard InChI is InChI=1S/C14H30N2/c1-6-8-13-9-14(13)16(5)11(3)12(7-2)10-15-4/h11-15H,6-10H2,1-5H3. The minimum Gasteiger partial charge on any atom is -0.319 e. The maximum absolute atomic E-state index is 3.32. The first-order valence-corrected chi connectivity index (χ1v) is 7.02. The van der Waals surface area contributed by atoms with E-state index in [2.05, 4.69) is 45.1 Å². The van der Waals surface area contributed by atoms with Gasteiger partial charge in [-0.15, -0.1) is 0 Å². The van der Waals surface area contributed by atoms with Gasteiger partial charge in [0.25, 0.3) is 0 Å². The molecule has 2 nitrogen and oxygen atoms in total. The molecular weight excluding hydrogens is 196 g/mol. The summed E-state index contributed by atoms with van der Waals surface area (Å²) < 4.78 is 0. The molecule has 96 valence electrons. The van der Waals surface area contributed by atoms with Crippen LogP contribution in [-0.4, -0.2) is 37.6 Å². The van der Waals surface area contributed by atoms with Crippen molar-refractivity contribution in [3.63, 3.8) is 0 Å². The molecule has 1 aliphatic rings. The Morgan fingerprint density at radius 3 is 2.56 bits per heavy atom. The normalized spacial score (nSPS) is 28.1. The van der Waals surface area contributed by atoms with Gasteiger partial charge in [0.1, 0.15) is 0 Å². The van der Waals surface area contributed by atoms with Gasteiger partial charge in [-0.2, -0.15) is 0 Å². The SMILES string of the molecule is CCCC1CC1N(C)C(C)C(CC)CNC. The molecule has 1 saturated carbocycles. The highest BCUT2D eigenvalue weighted by atomic mass is 15.2. The quantitative estimate of drug-likeness (QED) is 0.684. The summed E-state index contributed by atoms with van der Waals surface area (Å²) in [5, 5.41) is 3.32. The van der Waals surface area contributed by atoms with Gasteiger partial charge in [-0.25, -0.2) is 0 Å². The topological polar surface area (TPSA) is 15.3 Å². The molecule has 4 unspecified atom stereocenters. The zero-order valence-electron chi connectivity index (χ0n) is 11.8. The fraction of sp³-hybridized carbons (Fsp3) is 1.00. The van der Waals surface area contributed by atoms with Crippen LogP contribution in [-0.2, 0) is 0 Å². The van der Waals surface area contributed by atoms with E-state index in [-0.39, 0.29) is 0 Å². The largest absolute Gasteiger partial charge is 0.319 e. The van der Waals surface area contributed by atoms with Crippen LogP contribution in [0.1, 0.15) is 46.5 Å². The zero-order valence-corrected chi connectivity index (χ0v) is 11.8. The van der Waals surface area contributed by atoms with E-state index < -0.39 is 0 Å². The molecule has 4 atom stereocenters. The second kappa shape index (κ2) is 6.61. The highest BCUT2D eigenvalue weighted by Gasteiger charge is 2.41. The molecule has 0 aliphatic heterocycles. The van der Waals surface area contributed by atoms with E-state index in [9.17, 15) is 0 Å². The lowest BCUT2D eigenvalue weighted by molar-refractivity contribution is 0.168. The Bertz CT molecular complexity index is 193. The molecule has 1 aliphatic carbocycles. The van der Waals surface area contributed by atoms with Crippen molar-refractivity contribution >= 4 is 0 Å². The second-order valence-corrected chi connectivity index (χ2v) is 5.48. The molecule has 1 fully saturated rings. The fourth-order valence-electron chi connectivity index (χ4n) is 2.96. The summed E-state index contributed by atoms with van der Waals surface area (Å²) in [5.74, 6) is 1.78. The van der Waals surface area contributed by atoms with Gasteiger partial charge >= 0.3 is 0 Å². The third-order valence-corrected chi connectivity index (χ3v) is 4.38. The Morgan fingerprint density at radius 1 is 1.38 bits per heavy atom. The molecule has 0 aromatic carbocycles. The minimum atomic E-state index is 0.712. The summed E-state index contributed by atoms with van der Waals surface area (Å²) in [4.78, 5) is 2.63. The minimum absolute atomic E-state index is 0.712. The smallest absolute Gasteiger partial charge is 0.0127 e. The maximum atomic E-state index is 3.32. The van der Waals surface area contributed by atoms with Crippen LogP contribution in [0.2, 0.25) is 0 Å². The van der Waals surface area contributed by atoms with E-state index >= 15 is 0 Å². The van der Waals surface area contributed by atoms with E-state index in [0.29, 0.717) is 6.04 Å². The second-order valence-electron chi connectivity index (χ2n) is 5.48. The van der Waals surface area contributed by atoms with E-state index in [0.717, 1.165) is 24.4 Å². The average molecular weight is 226 g/mol. The van der Waals surface area contributed by atoms with Gasteiger partial charge in [0.05, 0.1) is 0 Å². The van der Waals surface area contributed by atoms with Crippen LogP contribution in [0.25, 0.3) is 0 Å². The summed E-state index contributed by atoms with van der Waals surface area (Å²) in [6.45, 7) is 8.15. The fourth-order valence-corrected chi connectivity index (χ4v) is 2.96. The van der Waals surface area contributed by atoms with Crippen LogP contribution in [0.5, 0.6) is 0 Å². The highest BCUT2D eigenvalue weighted by molar-refractivity contribution is 4.96. The first kappa shape index (κ1) is 14.0. The van der Waals surface area contributed by atoms with E-state index in [1.807, 2.05) is 0 Å². The monoisotopic (exact) mass is 226 g/mol. The first-order chi connectivity index (χ1) is 7.65. The maximum Gasteiger partial charge on any atom is 0.0127 e. The van der Waals surface area contributed by atoms with Gasteiger partial charge in [-0.05, 0) is 52.2 Å². The summed E-state index contributed by atoms with van der Waals surface area (Å²) >= 11 is 0. The van der Waals surface area contributed by atoms with E-state index in [4.69, 9.17) is 0 Å². The third kappa shape index (κ3) is 3.46. The molecule has 0 radical (unpaired) electrons. The van der Waals surface area contributed by atoms with Crippen LogP contribution < -0.4 is 5.32 Å². The number of nitrogens with one attached hydrogen (secondary N) is 1. The van der Waals surface area contributed by atoms with Crippen molar-refractivity contribution in [3.8, 4) is 0 Å². The Balaban J connectivity index is 2.38. The molecule has 2 heteroatoms. The van der Waals surface area contributed by atoms with Crippen molar-refractivity contribution in [3.05, 3.63) is 0 Å². The summed E-state index contributed by atoms with van der Waals surface area (Å²) in [5.41, 5.74) is 0. The lowest BCUT2D eigenvalue weighted by Gasteiger charge is -2.32. The molecule has 0 heterocycles. The van der Waals surface area contributed by atoms with Gasteiger partial charge in [0.2, 0.25) is 0 Å². The number of nitrogens with zero attached hydrogens (tertiary/aromatic N) is 1. The van der Waals surface area contributed by atoms with Gasteiger partial charge < -0.3 is 10.2 Å². The Kier molecular flexibility index (Phi) is 5.77. The van der Waals surface area contributed by atoms with Crippen LogP contribution in [0.3, 0.4) is 0 Å². The van der Waals surface area contributed by atoms with Crippen LogP contribution >= 0.6 is 0 Å². The summed E-state index contributed by atoms with van der Waals surface area (Å²) in [6.07, 6.45) is 5.48. The Hall–Kier alpha value is -0.0800. The van der Waals surface area contributed by atoms with Crippen LogP contribution in [0, 0.1) is 11.8 Å². The molecule has 0 saturated heterocycles. The van der Waals surface area contributed by atoms with Gasteiger partial charge in [-0.3, -0.25) is 0 Å². The van der Waals surface area contributed by atoms with E-state index in [1.54, 1.807) is 0 Å². The lowest BCUT2D eigenvalue weighted by atomic mass is 9.97. The van der Waals surface area contributed by atoms with Gasteiger partial charge in [0.15, 0.2) is 0 Å². The summed E-state index contributed by atoms with van der Waals surface area (Å²) in [7, 11) is 4.38. The van der Waals surface area contributed by atoms with Crippen molar-refractivity contribution < 1.29 is 0 Å². The molecular formula is C14H30N2. The van der Waals surface area contributed by atoms with E-state index in [1.165, 1.54) is 25.7 Å². The lowest BCUT2D eigenvalue weighted by Crippen LogP contribution is -2.41. The molecule has 0 bridgehead atoms. The predicted octanol–water partition coefficient (Wildman–Crippen LogP) is 2.74. The van der Waals surface area contributed by atoms with Gasteiger partial charge in [0, 0.05) is 12.1 Å². The van der Waals surface area contributed by atoms with Crippen LogP contribution in [0.4, 0.5) is 0 Å². The molecule has 0 aromatic rings. The predicted molar refractivity (Wildman–Crippen MR) is 71.7 cm³/mol. The molecule has 1 rings (SSSR count). The number of rotatable bonds is 8. The van der Waals surface area contributed by atoms with Crippen molar-refractivity contribution in [2.45, 2.75) is 58.5 Å². The van der Waals surface area contributed by atoms with Crippen LogP contribution in [0.15, 0.2) is 0 Å². The third-order valence-electron chi connectivity index (χ3n) is 4.38.